The van der Waals surface area contributed by atoms with Crippen molar-refractivity contribution in [2.45, 2.75) is 19.5 Å². The molecular weight excluding hydrogens is 343 g/mol. The Morgan fingerprint density at radius 3 is 2.20 bits per heavy atom. The maximum Gasteiger partial charge on any atom is 0.224 e. The molecule has 1 fully saturated rings. The molecule has 0 saturated heterocycles. The van der Waals surface area contributed by atoms with E-state index in [1.54, 1.807) is 30.3 Å². The molecule has 0 heterocycles. The highest BCUT2D eigenvalue weighted by molar-refractivity contribution is 6.30. The molecule has 0 aliphatic heterocycles. The van der Waals surface area contributed by atoms with Crippen molar-refractivity contribution in [3.8, 4) is 0 Å². The van der Waals surface area contributed by atoms with Gasteiger partial charge >= 0.3 is 0 Å². The maximum atomic E-state index is 13.5. The Kier molecular flexibility index (Phi) is 5.34. The van der Waals surface area contributed by atoms with Crippen molar-refractivity contribution < 1.29 is 14.0 Å². The van der Waals surface area contributed by atoms with Crippen LogP contribution in [0.3, 0.4) is 0 Å². The molecule has 130 valence electrons. The number of carbonyl (C=O) groups is 2. The van der Waals surface area contributed by atoms with Crippen molar-refractivity contribution in [3.63, 3.8) is 0 Å². The molecule has 1 aliphatic carbocycles. The van der Waals surface area contributed by atoms with Crippen LogP contribution in [0.5, 0.6) is 0 Å². The third-order valence-electron chi connectivity index (χ3n) is 4.25. The van der Waals surface area contributed by atoms with E-state index in [-0.39, 0.29) is 36.0 Å². The summed E-state index contributed by atoms with van der Waals surface area (Å²) in [6.07, 6.45) is 0.523. The average Bonchev–Trinajstić information content (AvgIpc) is 3.41. The van der Waals surface area contributed by atoms with E-state index in [0.29, 0.717) is 23.6 Å². The van der Waals surface area contributed by atoms with Crippen molar-refractivity contribution in [2.24, 2.45) is 11.8 Å². The Morgan fingerprint density at radius 2 is 1.56 bits per heavy atom. The van der Waals surface area contributed by atoms with Crippen LogP contribution in [0, 0.1) is 17.7 Å². The molecule has 2 unspecified atom stereocenters. The summed E-state index contributed by atoms with van der Waals surface area (Å²) in [5.41, 5.74) is 1.37. The number of carbonyl (C=O) groups excluding carboxylic acids is 2. The first kappa shape index (κ1) is 17.4. The minimum atomic E-state index is -0.351. The fourth-order valence-electron chi connectivity index (χ4n) is 2.65. The number of benzene rings is 2. The van der Waals surface area contributed by atoms with Gasteiger partial charge in [-0.1, -0.05) is 41.9 Å². The van der Waals surface area contributed by atoms with Crippen LogP contribution in [-0.2, 0) is 22.7 Å². The van der Waals surface area contributed by atoms with Crippen molar-refractivity contribution in [3.05, 3.63) is 70.5 Å². The van der Waals surface area contributed by atoms with Gasteiger partial charge in [-0.25, -0.2) is 4.39 Å². The lowest BCUT2D eigenvalue weighted by Gasteiger charge is -2.07. The molecule has 2 N–H and O–H groups in total. The molecule has 1 saturated carbocycles. The maximum absolute atomic E-state index is 13.5. The summed E-state index contributed by atoms with van der Waals surface area (Å²) in [6, 6.07) is 13.5. The van der Waals surface area contributed by atoms with E-state index in [9.17, 15) is 14.0 Å². The number of halogens is 2. The Balaban J connectivity index is 1.43. The molecule has 2 amide bonds. The zero-order valence-electron chi connectivity index (χ0n) is 13.5. The summed E-state index contributed by atoms with van der Waals surface area (Å²) in [6.45, 7) is 0.525. The molecule has 0 bridgehead atoms. The minimum absolute atomic E-state index is 0.126. The first-order chi connectivity index (χ1) is 12.0. The van der Waals surface area contributed by atoms with Crippen LogP contribution in [0.25, 0.3) is 0 Å². The first-order valence-electron chi connectivity index (χ1n) is 8.08. The number of amides is 2. The van der Waals surface area contributed by atoms with Gasteiger partial charge in [0.05, 0.1) is 11.8 Å². The van der Waals surface area contributed by atoms with Crippen molar-refractivity contribution in [1.29, 1.82) is 0 Å². The van der Waals surface area contributed by atoms with Crippen LogP contribution in [0.1, 0.15) is 17.5 Å². The molecule has 0 radical (unpaired) electrons. The number of nitrogens with one attached hydrogen (secondary N) is 2. The van der Waals surface area contributed by atoms with Crippen molar-refractivity contribution in [2.75, 3.05) is 0 Å². The Morgan fingerprint density at radius 1 is 0.960 bits per heavy atom. The monoisotopic (exact) mass is 360 g/mol. The minimum Gasteiger partial charge on any atom is -0.352 e. The second-order valence-corrected chi connectivity index (χ2v) is 6.54. The largest absolute Gasteiger partial charge is 0.352 e. The molecular formula is C19H18ClFN2O2. The van der Waals surface area contributed by atoms with Crippen LogP contribution >= 0.6 is 11.6 Å². The van der Waals surface area contributed by atoms with Gasteiger partial charge in [0, 0.05) is 23.7 Å². The van der Waals surface area contributed by atoms with Crippen molar-refractivity contribution >= 4 is 23.4 Å². The molecule has 2 atom stereocenters. The van der Waals surface area contributed by atoms with Crippen molar-refractivity contribution in [1.82, 2.24) is 10.6 Å². The fraction of sp³-hybridized carbons (Fsp3) is 0.263. The van der Waals surface area contributed by atoms with Crippen LogP contribution < -0.4 is 10.6 Å². The number of hydrogen-bond donors (Lipinski definition) is 2. The smallest absolute Gasteiger partial charge is 0.224 e. The topological polar surface area (TPSA) is 58.2 Å². The Bertz CT molecular complexity index is 779. The Hall–Kier alpha value is -2.40. The molecule has 0 aromatic heterocycles. The third-order valence-corrected chi connectivity index (χ3v) is 4.51. The van der Waals surface area contributed by atoms with E-state index in [1.807, 2.05) is 12.1 Å². The fourth-order valence-corrected chi connectivity index (χ4v) is 2.78. The first-order valence-corrected chi connectivity index (χ1v) is 8.45. The normalized spacial score (nSPS) is 18.5. The van der Waals surface area contributed by atoms with E-state index >= 15 is 0 Å². The van der Waals surface area contributed by atoms with E-state index in [0.717, 1.165) is 5.56 Å². The SMILES string of the molecule is O=C(NCc1ccc(Cl)cc1)C1CC1C(=O)NCc1ccccc1F. The molecule has 6 heteroatoms. The zero-order valence-corrected chi connectivity index (χ0v) is 14.2. The summed E-state index contributed by atoms with van der Waals surface area (Å²) >= 11 is 5.82. The molecule has 2 aromatic rings. The zero-order chi connectivity index (χ0) is 17.8. The van der Waals surface area contributed by atoms with E-state index < -0.39 is 0 Å². The molecule has 2 aromatic carbocycles. The highest BCUT2D eigenvalue weighted by atomic mass is 35.5. The van der Waals surface area contributed by atoms with Gasteiger partial charge in [-0.15, -0.1) is 0 Å². The van der Waals surface area contributed by atoms with E-state index in [1.165, 1.54) is 6.07 Å². The highest BCUT2D eigenvalue weighted by Gasteiger charge is 2.47. The molecule has 0 spiro atoms. The van der Waals surface area contributed by atoms with E-state index in [4.69, 9.17) is 11.6 Å². The van der Waals surface area contributed by atoms with Crippen LogP contribution in [-0.4, -0.2) is 11.8 Å². The average molecular weight is 361 g/mol. The second kappa shape index (κ2) is 7.66. The molecule has 25 heavy (non-hydrogen) atoms. The lowest BCUT2D eigenvalue weighted by Crippen LogP contribution is -2.29. The van der Waals surface area contributed by atoms with Gasteiger partial charge in [-0.05, 0) is 30.2 Å². The predicted molar refractivity (Wildman–Crippen MR) is 93.1 cm³/mol. The summed E-state index contributed by atoms with van der Waals surface area (Å²) in [5, 5.41) is 6.16. The highest BCUT2D eigenvalue weighted by Crippen LogP contribution is 2.38. The molecule has 4 nitrogen and oxygen atoms in total. The third kappa shape index (κ3) is 4.57. The van der Waals surface area contributed by atoms with Gasteiger partial charge in [0.25, 0.3) is 0 Å². The summed E-state index contributed by atoms with van der Waals surface area (Å²) in [5.74, 6) is -1.35. The second-order valence-electron chi connectivity index (χ2n) is 6.10. The van der Waals surface area contributed by atoms with Crippen LogP contribution in [0.4, 0.5) is 4.39 Å². The number of rotatable bonds is 6. The number of hydrogen-bond acceptors (Lipinski definition) is 2. The lowest BCUT2D eigenvalue weighted by molar-refractivity contribution is -0.127. The standard InChI is InChI=1S/C19H18ClFN2O2/c20-14-7-5-12(6-8-14)10-22-18(24)15-9-16(15)19(25)23-11-13-3-1-2-4-17(13)21/h1-8,15-16H,9-11H2,(H,22,24)(H,23,25). The van der Waals surface area contributed by atoms with Gasteiger partial charge in [0.2, 0.25) is 11.8 Å². The van der Waals surface area contributed by atoms with Gasteiger partial charge in [-0.3, -0.25) is 9.59 Å². The van der Waals surface area contributed by atoms with Gasteiger partial charge < -0.3 is 10.6 Å². The summed E-state index contributed by atoms with van der Waals surface area (Å²) in [7, 11) is 0. The molecule has 1 aliphatic rings. The summed E-state index contributed by atoms with van der Waals surface area (Å²) in [4.78, 5) is 24.2. The lowest BCUT2D eigenvalue weighted by atomic mass is 10.2. The van der Waals surface area contributed by atoms with Gasteiger partial charge in [0.1, 0.15) is 5.82 Å². The molecule has 3 rings (SSSR count). The summed E-state index contributed by atoms with van der Waals surface area (Å²) < 4.78 is 13.5. The quantitative estimate of drug-likeness (QED) is 0.831. The predicted octanol–water partition coefficient (Wildman–Crippen LogP) is 3.05. The Labute approximate surface area is 150 Å². The van der Waals surface area contributed by atoms with E-state index in [2.05, 4.69) is 10.6 Å². The van der Waals surface area contributed by atoms with Crippen LogP contribution in [0.15, 0.2) is 48.5 Å². The van der Waals surface area contributed by atoms with Gasteiger partial charge in [-0.2, -0.15) is 0 Å². The van der Waals surface area contributed by atoms with Crippen LogP contribution in [0.2, 0.25) is 5.02 Å². The van der Waals surface area contributed by atoms with Gasteiger partial charge in [0.15, 0.2) is 0 Å².